The molecule has 2 unspecified atom stereocenters. The van der Waals surface area contributed by atoms with Crippen LogP contribution in [0.2, 0.25) is 0 Å². The predicted octanol–water partition coefficient (Wildman–Crippen LogP) is 3.46. The Morgan fingerprint density at radius 2 is 2.00 bits per heavy atom. The number of hydrogen-bond donors (Lipinski definition) is 1. The van der Waals surface area contributed by atoms with Crippen LogP contribution in [0, 0.1) is 18.8 Å². The van der Waals surface area contributed by atoms with Crippen LogP contribution < -0.4 is 0 Å². The van der Waals surface area contributed by atoms with Crippen molar-refractivity contribution in [2.24, 2.45) is 11.8 Å². The highest BCUT2D eigenvalue weighted by Crippen LogP contribution is 2.32. The number of aryl methyl sites for hydroxylation is 1. The lowest BCUT2D eigenvalue weighted by molar-refractivity contribution is -0.143. The molecule has 19 heavy (non-hydrogen) atoms. The van der Waals surface area contributed by atoms with E-state index in [-0.39, 0.29) is 17.6 Å². The van der Waals surface area contributed by atoms with Crippen molar-refractivity contribution in [3.8, 4) is 0 Å². The molecule has 0 heterocycles. The van der Waals surface area contributed by atoms with E-state index in [0.717, 1.165) is 30.4 Å². The van der Waals surface area contributed by atoms with E-state index in [1.54, 1.807) is 0 Å². The molecule has 1 aromatic carbocycles. The molecule has 3 nitrogen and oxygen atoms in total. The molecular formula is C16H20O3. The molecule has 1 aliphatic carbocycles. The molecule has 3 heteroatoms. The summed E-state index contributed by atoms with van der Waals surface area (Å²) in [6, 6.07) is 7.59. The van der Waals surface area contributed by atoms with Gasteiger partial charge in [0.25, 0.3) is 0 Å². The number of hydrogen-bond acceptors (Lipinski definition) is 2. The summed E-state index contributed by atoms with van der Waals surface area (Å²) in [4.78, 5) is 23.3. The first-order chi connectivity index (χ1) is 9.08. The molecule has 0 spiro atoms. The first-order valence-corrected chi connectivity index (χ1v) is 6.89. The molecule has 1 fully saturated rings. The lowest BCUT2D eigenvalue weighted by Crippen LogP contribution is -2.24. The van der Waals surface area contributed by atoms with Crippen molar-refractivity contribution in [2.75, 3.05) is 0 Å². The van der Waals surface area contributed by atoms with Gasteiger partial charge in [-0.2, -0.15) is 0 Å². The second kappa shape index (κ2) is 6.00. The van der Waals surface area contributed by atoms with Crippen molar-refractivity contribution < 1.29 is 14.7 Å². The molecule has 1 aliphatic rings. The van der Waals surface area contributed by atoms with Crippen molar-refractivity contribution in [1.82, 2.24) is 0 Å². The number of carboxylic acids is 1. The van der Waals surface area contributed by atoms with Gasteiger partial charge in [0.05, 0.1) is 5.92 Å². The van der Waals surface area contributed by atoms with E-state index in [4.69, 9.17) is 5.11 Å². The van der Waals surface area contributed by atoms with Gasteiger partial charge in [-0.25, -0.2) is 0 Å². The monoisotopic (exact) mass is 260 g/mol. The Morgan fingerprint density at radius 1 is 1.26 bits per heavy atom. The van der Waals surface area contributed by atoms with Crippen LogP contribution >= 0.6 is 0 Å². The van der Waals surface area contributed by atoms with Gasteiger partial charge in [-0.3, -0.25) is 9.59 Å². The normalized spacial score (nSPS) is 23.0. The van der Waals surface area contributed by atoms with Crippen molar-refractivity contribution in [3.05, 3.63) is 35.4 Å². The lowest BCUT2D eigenvalue weighted by atomic mass is 9.78. The van der Waals surface area contributed by atoms with E-state index in [0.29, 0.717) is 12.8 Å². The van der Waals surface area contributed by atoms with Crippen LogP contribution in [0.5, 0.6) is 0 Å². The summed E-state index contributed by atoms with van der Waals surface area (Å²) in [5.41, 5.74) is 1.78. The second-order valence-electron chi connectivity index (χ2n) is 5.51. The zero-order chi connectivity index (χ0) is 13.8. The van der Waals surface area contributed by atoms with Crippen LogP contribution in [0.3, 0.4) is 0 Å². The van der Waals surface area contributed by atoms with Crippen LogP contribution in [0.25, 0.3) is 0 Å². The summed E-state index contributed by atoms with van der Waals surface area (Å²) in [6.45, 7) is 1.94. The van der Waals surface area contributed by atoms with Gasteiger partial charge in [-0.05, 0) is 37.7 Å². The molecule has 0 bridgehead atoms. The quantitative estimate of drug-likeness (QED) is 0.843. The molecule has 1 aromatic rings. The number of ketones is 1. The fourth-order valence-electron chi connectivity index (χ4n) is 2.96. The lowest BCUT2D eigenvalue weighted by Gasteiger charge is -2.26. The van der Waals surface area contributed by atoms with E-state index in [1.807, 2.05) is 31.2 Å². The van der Waals surface area contributed by atoms with Crippen LogP contribution in [-0.2, 0) is 4.79 Å². The molecule has 2 atom stereocenters. The highest BCUT2D eigenvalue weighted by atomic mass is 16.4. The van der Waals surface area contributed by atoms with Crippen LogP contribution in [0.15, 0.2) is 24.3 Å². The van der Waals surface area contributed by atoms with Gasteiger partial charge in [0.15, 0.2) is 5.78 Å². The molecule has 1 N–H and O–H groups in total. The van der Waals surface area contributed by atoms with Gasteiger partial charge in [-0.15, -0.1) is 0 Å². The number of aliphatic carboxylic acids is 1. The molecular weight excluding hydrogens is 240 g/mol. The molecule has 0 amide bonds. The van der Waals surface area contributed by atoms with E-state index in [2.05, 4.69) is 0 Å². The average Bonchev–Trinajstić information content (AvgIpc) is 2.39. The molecule has 0 saturated heterocycles. The number of benzene rings is 1. The summed E-state index contributed by atoms with van der Waals surface area (Å²) >= 11 is 0. The van der Waals surface area contributed by atoms with Gasteiger partial charge < -0.3 is 5.11 Å². The van der Waals surface area contributed by atoms with Gasteiger partial charge in [0.1, 0.15) is 0 Å². The summed E-state index contributed by atoms with van der Waals surface area (Å²) in [5.74, 6) is -0.604. The fourth-order valence-corrected chi connectivity index (χ4v) is 2.96. The third kappa shape index (κ3) is 3.43. The Labute approximate surface area is 113 Å². The van der Waals surface area contributed by atoms with Gasteiger partial charge in [-0.1, -0.05) is 30.7 Å². The maximum atomic E-state index is 12.3. The van der Waals surface area contributed by atoms with E-state index in [9.17, 15) is 9.59 Å². The van der Waals surface area contributed by atoms with Gasteiger partial charge in [0, 0.05) is 12.0 Å². The second-order valence-corrected chi connectivity index (χ2v) is 5.51. The van der Waals surface area contributed by atoms with Crippen molar-refractivity contribution in [1.29, 1.82) is 0 Å². The van der Waals surface area contributed by atoms with Crippen molar-refractivity contribution in [2.45, 2.75) is 39.0 Å². The Balaban J connectivity index is 1.99. The number of carboxylic acid groups (broad SMARTS) is 1. The molecule has 0 radical (unpaired) electrons. The Hall–Kier alpha value is -1.64. The Bertz CT molecular complexity index is 479. The Kier molecular flexibility index (Phi) is 4.35. The van der Waals surface area contributed by atoms with E-state index in [1.165, 1.54) is 0 Å². The molecule has 0 aromatic heterocycles. The fraction of sp³-hybridized carbons (Fsp3) is 0.500. The number of carbonyl (C=O) groups excluding carboxylic acids is 1. The maximum Gasteiger partial charge on any atom is 0.306 e. The SMILES string of the molecule is Cc1ccccc1C(=O)CC1CCCC(C(=O)O)C1. The summed E-state index contributed by atoms with van der Waals surface area (Å²) in [5, 5.41) is 9.07. The zero-order valence-electron chi connectivity index (χ0n) is 11.3. The van der Waals surface area contributed by atoms with Gasteiger partial charge in [0.2, 0.25) is 0 Å². The first kappa shape index (κ1) is 13.8. The van der Waals surface area contributed by atoms with Crippen LogP contribution in [0.4, 0.5) is 0 Å². The molecule has 0 aliphatic heterocycles. The number of carbonyl (C=O) groups is 2. The number of rotatable bonds is 4. The third-order valence-corrected chi connectivity index (χ3v) is 4.05. The Morgan fingerprint density at radius 3 is 2.68 bits per heavy atom. The molecule has 102 valence electrons. The topological polar surface area (TPSA) is 54.4 Å². The van der Waals surface area contributed by atoms with Crippen LogP contribution in [0.1, 0.15) is 48.0 Å². The summed E-state index contributed by atoms with van der Waals surface area (Å²) in [6.07, 6.45) is 3.77. The first-order valence-electron chi connectivity index (χ1n) is 6.89. The predicted molar refractivity (Wildman–Crippen MR) is 73.2 cm³/mol. The molecule has 2 rings (SSSR count). The van der Waals surface area contributed by atoms with Crippen molar-refractivity contribution in [3.63, 3.8) is 0 Å². The summed E-state index contributed by atoms with van der Waals surface area (Å²) < 4.78 is 0. The highest BCUT2D eigenvalue weighted by Gasteiger charge is 2.28. The minimum absolute atomic E-state index is 0.147. The highest BCUT2D eigenvalue weighted by molar-refractivity contribution is 5.97. The average molecular weight is 260 g/mol. The third-order valence-electron chi connectivity index (χ3n) is 4.05. The van der Waals surface area contributed by atoms with Crippen LogP contribution in [-0.4, -0.2) is 16.9 Å². The smallest absolute Gasteiger partial charge is 0.306 e. The summed E-state index contributed by atoms with van der Waals surface area (Å²) in [7, 11) is 0. The van der Waals surface area contributed by atoms with Crippen molar-refractivity contribution >= 4 is 11.8 Å². The van der Waals surface area contributed by atoms with E-state index >= 15 is 0 Å². The molecule has 1 saturated carbocycles. The van der Waals surface area contributed by atoms with E-state index < -0.39 is 5.97 Å². The van der Waals surface area contributed by atoms with Gasteiger partial charge >= 0.3 is 5.97 Å². The number of Topliss-reactive ketones (excluding diaryl/α,β-unsaturated/α-hetero) is 1. The minimum Gasteiger partial charge on any atom is -0.481 e. The zero-order valence-corrected chi connectivity index (χ0v) is 11.3. The standard InChI is InChI=1S/C16H20O3/c1-11-5-2-3-8-14(11)15(17)10-12-6-4-7-13(9-12)16(18)19/h2-3,5,8,12-13H,4,6-7,9-10H2,1H3,(H,18,19). The maximum absolute atomic E-state index is 12.3. The minimum atomic E-state index is -0.715. The largest absolute Gasteiger partial charge is 0.481 e.